The molecule has 0 fully saturated rings. The van der Waals surface area contributed by atoms with Crippen molar-refractivity contribution in [2.45, 2.75) is 18.8 Å². The van der Waals surface area contributed by atoms with E-state index in [1.165, 1.54) is 18.4 Å². The molecule has 3 rings (SSSR count). The zero-order valence-electron chi connectivity index (χ0n) is 8.59. The molecule has 16 heavy (non-hydrogen) atoms. The van der Waals surface area contributed by atoms with Crippen LogP contribution in [0.2, 0.25) is 0 Å². The molecule has 0 heterocycles. The number of hydrogen-bond donors (Lipinski definition) is 0. The van der Waals surface area contributed by atoms with Gasteiger partial charge in [0.25, 0.3) is 0 Å². The minimum atomic E-state index is 0. The smallest absolute Gasteiger partial charge is 1.00 e. The zero-order valence-corrected chi connectivity index (χ0v) is 14.5. The molecule has 2 aliphatic carbocycles. The minimum Gasteiger partial charge on any atom is -1.00 e. The van der Waals surface area contributed by atoms with E-state index < -0.39 is 0 Å². The standard InChI is InChI=1S/C12H11.3ClH.Hf/c1-2-7-12-10-5-3-4-9(8-10)11(12)6-1;;;;/h1-4,6-7,10H,5,8H2;3*1H;/q-1;;;;+4/p-3. The molecule has 0 saturated heterocycles. The van der Waals surface area contributed by atoms with Crippen molar-refractivity contribution in [2.75, 3.05) is 0 Å². The number of benzene rings is 1. The maximum atomic E-state index is 2.31. The Bertz CT molecular complexity index is 352. The Morgan fingerprint density at radius 1 is 1.06 bits per heavy atom. The topological polar surface area (TPSA) is 0 Å². The predicted octanol–water partition coefficient (Wildman–Crippen LogP) is -5.93. The van der Waals surface area contributed by atoms with E-state index >= 15 is 0 Å². The third-order valence-corrected chi connectivity index (χ3v) is 2.95. The summed E-state index contributed by atoms with van der Waals surface area (Å²) >= 11 is 0. The summed E-state index contributed by atoms with van der Waals surface area (Å²) in [6.45, 7) is 0. The fourth-order valence-corrected chi connectivity index (χ4v) is 2.37. The van der Waals surface area contributed by atoms with Crippen molar-refractivity contribution >= 4 is 0 Å². The number of rotatable bonds is 0. The van der Waals surface area contributed by atoms with Gasteiger partial charge in [-0.2, -0.15) is 6.08 Å². The van der Waals surface area contributed by atoms with Gasteiger partial charge in [0.15, 0.2) is 0 Å². The Morgan fingerprint density at radius 3 is 2.50 bits per heavy atom. The Labute approximate surface area is 134 Å². The van der Waals surface area contributed by atoms with Crippen LogP contribution < -0.4 is 37.2 Å². The molecule has 1 unspecified atom stereocenters. The molecule has 0 saturated carbocycles. The van der Waals surface area contributed by atoms with Crippen LogP contribution in [0.25, 0.3) is 0 Å². The summed E-state index contributed by atoms with van der Waals surface area (Å²) in [6.07, 6.45) is 7.11. The number of hydrogen-bond acceptors (Lipinski definition) is 0. The van der Waals surface area contributed by atoms with E-state index in [1.54, 1.807) is 11.5 Å². The van der Waals surface area contributed by atoms with Gasteiger partial charge in [-0.25, -0.2) is 0 Å². The first-order valence-electron chi connectivity index (χ1n) is 4.57. The molecular formula is C12H11Cl3Hf. The molecule has 2 bridgehead atoms. The molecule has 1 aromatic carbocycles. The van der Waals surface area contributed by atoms with E-state index in [9.17, 15) is 0 Å². The molecule has 0 aliphatic heterocycles. The van der Waals surface area contributed by atoms with Crippen LogP contribution in [0.3, 0.4) is 0 Å². The van der Waals surface area contributed by atoms with Crippen LogP contribution in [0.4, 0.5) is 0 Å². The molecule has 0 N–H and O–H groups in total. The van der Waals surface area contributed by atoms with Gasteiger partial charge in [-0.15, -0.1) is 41.3 Å². The minimum absolute atomic E-state index is 0. The molecule has 0 spiro atoms. The van der Waals surface area contributed by atoms with Gasteiger partial charge < -0.3 is 37.2 Å². The van der Waals surface area contributed by atoms with Crippen LogP contribution >= 0.6 is 0 Å². The van der Waals surface area contributed by atoms with Crippen molar-refractivity contribution in [1.29, 1.82) is 0 Å². The van der Waals surface area contributed by atoms with E-state index in [2.05, 4.69) is 36.4 Å². The maximum Gasteiger partial charge on any atom is 4.00 e. The monoisotopic (exact) mass is 440 g/mol. The molecule has 2 aliphatic rings. The second kappa shape index (κ2) is 7.81. The molecule has 84 valence electrons. The van der Waals surface area contributed by atoms with Crippen molar-refractivity contribution in [1.82, 2.24) is 0 Å². The van der Waals surface area contributed by atoms with E-state index in [0.29, 0.717) is 0 Å². The van der Waals surface area contributed by atoms with E-state index in [1.807, 2.05) is 0 Å². The summed E-state index contributed by atoms with van der Waals surface area (Å²) in [5, 5.41) is 0. The average Bonchev–Trinajstić information content (AvgIpc) is 2.41. The number of allylic oxidation sites excluding steroid dienone is 2. The summed E-state index contributed by atoms with van der Waals surface area (Å²) in [6, 6.07) is 8.82. The first-order valence-corrected chi connectivity index (χ1v) is 4.57. The number of fused-ring (bicyclic) bond motifs is 5. The van der Waals surface area contributed by atoms with Crippen molar-refractivity contribution in [3.05, 3.63) is 53.5 Å². The van der Waals surface area contributed by atoms with Crippen molar-refractivity contribution < 1.29 is 63.1 Å². The van der Waals surface area contributed by atoms with Crippen LogP contribution in [0, 0.1) is 5.92 Å². The van der Waals surface area contributed by atoms with Crippen molar-refractivity contribution in [2.24, 2.45) is 0 Å². The van der Waals surface area contributed by atoms with Crippen LogP contribution in [0.5, 0.6) is 0 Å². The van der Waals surface area contributed by atoms with Crippen LogP contribution in [0.1, 0.15) is 29.9 Å². The normalized spacial score (nSPS) is 18.2. The summed E-state index contributed by atoms with van der Waals surface area (Å²) in [7, 11) is 0. The van der Waals surface area contributed by atoms with Crippen LogP contribution in [0.15, 0.2) is 36.4 Å². The summed E-state index contributed by atoms with van der Waals surface area (Å²) in [5.41, 5.74) is 3.06. The fourth-order valence-electron chi connectivity index (χ4n) is 2.37. The van der Waals surface area contributed by atoms with E-state index in [-0.39, 0.29) is 63.1 Å². The molecule has 0 amide bonds. The Kier molecular flexibility index (Phi) is 9.24. The molecular weight excluding hydrogens is 429 g/mol. The second-order valence-corrected chi connectivity index (χ2v) is 3.65. The zero-order chi connectivity index (χ0) is 7.97. The van der Waals surface area contributed by atoms with Gasteiger partial charge >= 0.3 is 25.8 Å². The SMILES string of the molecule is C1=C[C-]2CC(C1)c1ccccc12.[Cl-].[Cl-].[Cl-].[Hf+4]. The molecule has 0 radical (unpaired) electrons. The third kappa shape index (κ3) is 3.07. The Balaban J connectivity index is 0. The molecule has 4 heteroatoms. The second-order valence-electron chi connectivity index (χ2n) is 3.65. The molecule has 0 aromatic heterocycles. The van der Waals surface area contributed by atoms with E-state index in [0.717, 1.165) is 5.92 Å². The first kappa shape index (κ1) is 18.9. The molecule has 0 nitrogen and oxygen atoms in total. The average molecular weight is 440 g/mol. The van der Waals surface area contributed by atoms with Crippen LogP contribution in [-0.2, 0) is 25.8 Å². The van der Waals surface area contributed by atoms with Crippen molar-refractivity contribution in [3.63, 3.8) is 0 Å². The van der Waals surface area contributed by atoms with Gasteiger partial charge in [0.2, 0.25) is 0 Å². The van der Waals surface area contributed by atoms with Gasteiger partial charge in [-0.05, 0) is 0 Å². The number of halogens is 3. The fraction of sp³-hybridized carbons (Fsp3) is 0.250. The van der Waals surface area contributed by atoms with Gasteiger partial charge in [0.1, 0.15) is 0 Å². The van der Waals surface area contributed by atoms with Crippen LogP contribution in [-0.4, -0.2) is 0 Å². The molecule has 1 atom stereocenters. The summed E-state index contributed by atoms with van der Waals surface area (Å²) in [4.78, 5) is 0. The Morgan fingerprint density at radius 2 is 1.75 bits per heavy atom. The van der Waals surface area contributed by atoms with Gasteiger partial charge in [-0.3, -0.25) is 0 Å². The summed E-state index contributed by atoms with van der Waals surface area (Å²) < 4.78 is 0. The quantitative estimate of drug-likeness (QED) is 0.279. The Hall–Kier alpha value is 0.570. The molecule has 1 aromatic rings. The van der Waals surface area contributed by atoms with Gasteiger partial charge in [-0.1, -0.05) is 24.8 Å². The maximum absolute atomic E-state index is 2.31. The predicted molar refractivity (Wildman–Crippen MR) is 49.9 cm³/mol. The summed E-state index contributed by atoms with van der Waals surface area (Å²) in [5.74, 6) is 2.34. The first-order chi connectivity index (χ1) is 5.95. The van der Waals surface area contributed by atoms with Gasteiger partial charge in [0, 0.05) is 0 Å². The third-order valence-electron chi connectivity index (χ3n) is 2.95. The van der Waals surface area contributed by atoms with E-state index in [4.69, 9.17) is 0 Å². The van der Waals surface area contributed by atoms with Gasteiger partial charge in [0.05, 0.1) is 0 Å². The largest absolute Gasteiger partial charge is 4.00 e. The van der Waals surface area contributed by atoms with Crippen molar-refractivity contribution in [3.8, 4) is 0 Å².